The number of para-hydroxylation sites is 2. The Morgan fingerprint density at radius 1 is 1.13 bits per heavy atom. The molecule has 1 heterocycles. The van der Waals surface area contributed by atoms with Gasteiger partial charge in [-0.3, -0.25) is 4.79 Å². The van der Waals surface area contributed by atoms with Gasteiger partial charge in [-0.2, -0.15) is 9.78 Å². The lowest BCUT2D eigenvalue weighted by atomic mass is 9.88. The summed E-state index contributed by atoms with van der Waals surface area (Å²) in [6.45, 7) is 4.14. The van der Waals surface area contributed by atoms with Crippen LogP contribution in [0.4, 0.5) is 0 Å². The van der Waals surface area contributed by atoms with Crippen molar-refractivity contribution in [3.05, 3.63) is 70.3 Å². The number of aromatic nitrogens is 2. The summed E-state index contributed by atoms with van der Waals surface area (Å²) in [5.74, 6) is 1.81. The van der Waals surface area contributed by atoms with Gasteiger partial charge in [-0.15, -0.1) is 0 Å². The van der Waals surface area contributed by atoms with Crippen molar-refractivity contribution >= 4 is 17.1 Å². The molecule has 0 N–H and O–H groups in total. The second-order valence-corrected chi connectivity index (χ2v) is 8.06. The number of rotatable bonds is 6. The van der Waals surface area contributed by atoms with E-state index in [1.165, 1.54) is 23.9 Å². The molecule has 1 saturated carbocycles. The fraction of sp³-hybridized carbons (Fsp3) is 0.400. The molecule has 1 aliphatic rings. The zero-order valence-electron chi connectivity index (χ0n) is 17.8. The first-order valence-corrected chi connectivity index (χ1v) is 11.0. The largest absolute Gasteiger partial charge is 0.490 e. The molecule has 0 unspecified atom stereocenters. The Kier molecular flexibility index (Phi) is 6.26. The number of hydrogen-bond donors (Lipinski definition) is 0. The van der Waals surface area contributed by atoms with E-state index in [0.29, 0.717) is 5.39 Å². The van der Waals surface area contributed by atoms with Gasteiger partial charge in [-0.05, 0) is 50.5 Å². The second kappa shape index (κ2) is 9.24. The maximum Gasteiger partial charge on any atom is 0.282 e. The molecule has 5 heteroatoms. The number of benzene rings is 2. The Morgan fingerprint density at radius 2 is 1.87 bits per heavy atom. The third-order valence-corrected chi connectivity index (χ3v) is 5.88. The van der Waals surface area contributed by atoms with Crippen LogP contribution in [0.15, 0.2) is 58.4 Å². The van der Waals surface area contributed by atoms with Crippen molar-refractivity contribution in [2.75, 3.05) is 0 Å². The van der Waals surface area contributed by atoms with E-state index in [1.54, 1.807) is 6.21 Å². The second-order valence-electron chi connectivity index (χ2n) is 8.06. The first-order chi connectivity index (χ1) is 14.7. The van der Waals surface area contributed by atoms with Gasteiger partial charge in [0.2, 0.25) is 0 Å². The smallest absolute Gasteiger partial charge is 0.282 e. The fourth-order valence-corrected chi connectivity index (χ4v) is 3.99. The van der Waals surface area contributed by atoms with Crippen LogP contribution >= 0.6 is 0 Å². The Labute approximate surface area is 177 Å². The molecule has 30 heavy (non-hydrogen) atoms. The first kappa shape index (κ1) is 20.3. The molecule has 0 saturated heterocycles. The maximum atomic E-state index is 13.3. The summed E-state index contributed by atoms with van der Waals surface area (Å²) in [5.41, 5.74) is 1.49. The highest BCUT2D eigenvalue weighted by molar-refractivity contribution is 5.83. The highest BCUT2D eigenvalue weighted by atomic mass is 16.5. The third-order valence-electron chi connectivity index (χ3n) is 5.88. The number of nitrogens with zero attached hydrogens (tertiary/aromatic N) is 3. The van der Waals surface area contributed by atoms with Gasteiger partial charge in [0.1, 0.15) is 11.6 Å². The lowest BCUT2D eigenvalue weighted by Crippen LogP contribution is -2.25. The maximum absolute atomic E-state index is 13.3. The monoisotopic (exact) mass is 403 g/mol. The molecular formula is C25H29N3O2. The van der Waals surface area contributed by atoms with Crippen molar-refractivity contribution in [2.45, 2.75) is 64.4 Å². The average molecular weight is 404 g/mol. The molecule has 4 rings (SSSR count). The average Bonchev–Trinajstić information content (AvgIpc) is 2.79. The molecule has 5 nitrogen and oxygen atoms in total. The van der Waals surface area contributed by atoms with Crippen LogP contribution in [-0.2, 0) is 0 Å². The van der Waals surface area contributed by atoms with Crippen LogP contribution < -0.4 is 10.3 Å². The minimum atomic E-state index is -0.113. The van der Waals surface area contributed by atoms with E-state index in [2.05, 4.69) is 12.0 Å². The van der Waals surface area contributed by atoms with Crippen LogP contribution in [0.3, 0.4) is 0 Å². The van der Waals surface area contributed by atoms with Crippen LogP contribution in [0.5, 0.6) is 5.75 Å². The number of ether oxygens (including phenoxy) is 1. The molecule has 0 aliphatic heterocycles. The molecule has 1 aliphatic carbocycles. The van der Waals surface area contributed by atoms with Crippen LogP contribution in [0, 0.1) is 0 Å². The van der Waals surface area contributed by atoms with Crippen molar-refractivity contribution in [1.82, 2.24) is 9.66 Å². The van der Waals surface area contributed by atoms with E-state index in [4.69, 9.17) is 9.72 Å². The van der Waals surface area contributed by atoms with Gasteiger partial charge < -0.3 is 4.74 Å². The zero-order valence-corrected chi connectivity index (χ0v) is 17.8. The lowest BCUT2D eigenvalue weighted by molar-refractivity contribution is 0.217. The van der Waals surface area contributed by atoms with Crippen LogP contribution in [0.2, 0.25) is 0 Å². The molecule has 3 aromatic rings. The van der Waals surface area contributed by atoms with E-state index >= 15 is 0 Å². The van der Waals surface area contributed by atoms with Gasteiger partial charge in [0.15, 0.2) is 0 Å². The topological polar surface area (TPSA) is 56.5 Å². The van der Waals surface area contributed by atoms with Crippen molar-refractivity contribution in [3.63, 3.8) is 0 Å². The van der Waals surface area contributed by atoms with Crippen molar-refractivity contribution in [3.8, 4) is 5.75 Å². The minimum Gasteiger partial charge on any atom is -0.490 e. The molecule has 1 atom stereocenters. The van der Waals surface area contributed by atoms with Crippen molar-refractivity contribution < 1.29 is 4.74 Å². The Balaban J connectivity index is 1.78. The quantitative estimate of drug-likeness (QED) is 0.510. The standard InChI is InChI=1S/C25H29N3O2/c1-3-18(2)30-23-16-10-7-13-20(23)17-26-28-24(19-11-5-4-6-12-19)27-22-15-9-8-14-21(22)25(28)29/h7-10,13-19H,3-6,11-12H2,1-2H3/t18-/m1/s1. The van der Waals surface area contributed by atoms with Gasteiger partial charge in [0, 0.05) is 11.5 Å². The molecule has 1 aromatic heterocycles. The summed E-state index contributed by atoms with van der Waals surface area (Å²) >= 11 is 0. The van der Waals surface area contributed by atoms with Crippen LogP contribution in [-0.4, -0.2) is 22.0 Å². The normalized spacial score (nSPS) is 16.2. The van der Waals surface area contributed by atoms with Crippen molar-refractivity contribution in [2.24, 2.45) is 5.10 Å². The van der Waals surface area contributed by atoms with Crippen LogP contribution in [0.25, 0.3) is 10.9 Å². The van der Waals surface area contributed by atoms with Gasteiger partial charge >= 0.3 is 0 Å². The number of fused-ring (bicyclic) bond motifs is 1. The molecular weight excluding hydrogens is 374 g/mol. The summed E-state index contributed by atoms with van der Waals surface area (Å²) in [6, 6.07) is 15.3. The summed E-state index contributed by atoms with van der Waals surface area (Å²) in [7, 11) is 0. The SMILES string of the molecule is CC[C@@H](C)Oc1ccccc1C=Nn1c(C2CCCCC2)nc2ccccc2c1=O. The molecule has 2 aromatic carbocycles. The molecule has 1 fully saturated rings. The summed E-state index contributed by atoms with van der Waals surface area (Å²) in [4.78, 5) is 18.2. The third kappa shape index (κ3) is 4.30. The van der Waals surface area contributed by atoms with E-state index in [1.807, 2.05) is 55.5 Å². The molecule has 0 radical (unpaired) electrons. The summed E-state index contributed by atoms with van der Waals surface area (Å²) in [6.07, 6.45) is 8.45. The highest BCUT2D eigenvalue weighted by Crippen LogP contribution is 2.31. The van der Waals surface area contributed by atoms with E-state index in [0.717, 1.165) is 41.9 Å². The first-order valence-electron chi connectivity index (χ1n) is 11.0. The molecule has 0 bridgehead atoms. The molecule has 0 amide bonds. The van der Waals surface area contributed by atoms with E-state index in [-0.39, 0.29) is 17.6 Å². The predicted octanol–water partition coefficient (Wildman–Crippen LogP) is 5.50. The Hall–Kier alpha value is -2.95. The van der Waals surface area contributed by atoms with Gasteiger partial charge in [0.25, 0.3) is 5.56 Å². The van der Waals surface area contributed by atoms with Crippen molar-refractivity contribution in [1.29, 1.82) is 0 Å². The van der Waals surface area contributed by atoms with E-state index < -0.39 is 0 Å². The van der Waals surface area contributed by atoms with Crippen LogP contribution in [0.1, 0.15) is 69.7 Å². The Morgan fingerprint density at radius 3 is 2.67 bits per heavy atom. The van der Waals surface area contributed by atoms with Gasteiger partial charge in [-0.25, -0.2) is 4.98 Å². The number of hydrogen-bond acceptors (Lipinski definition) is 4. The predicted molar refractivity (Wildman–Crippen MR) is 122 cm³/mol. The minimum absolute atomic E-state index is 0.113. The molecule has 0 spiro atoms. The van der Waals surface area contributed by atoms with Gasteiger partial charge in [-0.1, -0.05) is 50.5 Å². The zero-order chi connectivity index (χ0) is 20.9. The summed E-state index contributed by atoms with van der Waals surface area (Å²) in [5, 5.41) is 5.23. The Bertz CT molecular complexity index is 1100. The van der Waals surface area contributed by atoms with Gasteiger partial charge in [0.05, 0.1) is 23.2 Å². The lowest BCUT2D eigenvalue weighted by Gasteiger charge is -2.22. The van der Waals surface area contributed by atoms with E-state index in [9.17, 15) is 4.79 Å². The molecule has 156 valence electrons. The highest BCUT2D eigenvalue weighted by Gasteiger charge is 2.22. The summed E-state index contributed by atoms with van der Waals surface area (Å²) < 4.78 is 7.55. The fourth-order valence-electron chi connectivity index (χ4n) is 3.99.